The zero-order chi connectivity index (χ0) is 27.1. The third kappa shape index (κ3) is 6.21. The van der Waals surface area contributed by atoms with Gasteiger partial charge in [-0.25, -0.2) is 0 Å². The number of fused-ring (bicyclic) bond motifs is 1. The topological polar surface area (TPSA) is 60.7 Å². The van der Waals surface area contributed by atoms with E-state index in [4.69, 9.17) is 0 Å². The summed E-state index contributed by atoms with van der Waals surface area (Å²) in [5, 5.41) is 30.0. The lowest BCUT2D eigenvalue weighted by Gasteiger charge is -2.44. The molecule has 206 valence electrons. The van der Waals surface area contributed by atoms with Crippen molar-refractivity contribution in [3.8, 4) is 0 Å². The first kappa shape index (κ1) is 29.2. The average Bonchev–Trinajstić information content (AvgIpc) is 3.09. The van der Waals surface area contributed by atoms with Gasteiger partial charge in [0, 0.05) is 6.42 Å². The second-order valence-electron chi connectivity index (χ2n) is 11.3. The maximum Gasteiger partial charge on any atom is 0.403 e. The normalized spacial score (nSPS) is 35.9. The van der Waals surface area contributed by atoms with Crippen LogP contribution in [0.3, 0.4) is 0 Å². The molecule has 36 heavy (non-hydrogen) atoms. The van der Waals surface area contributed by atoms with Crippen LogP contribution in [0.1, 0.15) is 71.6 Å². The maximum absolute atomic E-state index is 13.0. The monoisotopic (exact) mass is 524 g/mol. The summed E-state index contributed by atoms with van der Waals surface area (Å²) in [6, 6.07) is 0. The van der Waals surface area contributed by atoms with Gasteiger partial charge in [-0.15, -0.1) is 0 Å². The van der Waals surface area contributed by atoms with Gasteiger partial charge >= 0.3 is 12.4 Å². The highest BCUT2D eigenvalue weighted by atomic mass is 19.4. The number of aliphatic hydroxyl groups excluding tert-OH is 3. The molecule has 3 saturated carbocycles. The molecule has 1 unspecified atom stereocenters. The minimum absolute atomic E-state index is 0.0928. The minimum atomic E-state index is -5.54. The summed E-state index contributed by atoms with van der Waals surface area (Å²) in [4.78, 5) is 0. The molecule has 0 bridgehead atoms. The Bertz CT molecular complexity index is 847. The molecule has 0 aliphatic heterocycles. The lowest BCUT2D eigenvalue weighted by atomic mass is 9.60. The Labute approximate surface area is 209 Å². The molecule has 3 nitrogen and oxygen atoms in total. The highest BCUT2D eigenvalue weighted by Gasteiger charge is 2.60. The van der Waals surface area contributed by atoms with Crippen molar-refractivity contribution >= 4 is 0 Å². The summed E-state index contributed by atoms with van der Waals surface area (Å²) in [7, 11) is 0. The molecule has 9 heteroatoms. The summed E-state index contributed by atoms with van der Waals surface area (Å²) in [6.45, 7) is 7.99. The Morgan fingerprint density at radius 1 is 1.06 bits per heavy atom. The molecular formula is C27H38F6O3. The Morgan fingerprint density at radius 3 is 2.31 bits per heavy atom. The van der Waals surface area contributed by atoms with E-state index in [-0.39, 0.29) is 36.0 Å². The molecule has 0 heterocycles. The first-order chi connectivity index (χ1) is 16.6. The zero-order valence-corrected chi connectivity index (χ0v) is 20.9. The van der Waals surface area contributed by atoms with E-state index >= 15 is 0 Å². The standard InChI is InChI=1S/C27H38F6O3/c1-15(6-11-22(35)24(26(28,29)30)27(31,32)33)20-9-10-21-17(5-4-12-25(20,21)3)7-8-18-13-19(34)14-23(36)16(18)2/h7-8,15,19-24,34-36H,2,4-6,9-14H2,1,3H3/b17-7+,18-8-/t15-,19-,20-,21+,22?,23+,25-/m1/s1. The van der Waals surface area contributed by atoms with E-state index in [0.717, 1.165) is 37.7 Å². The largest absolute Gasteiger partial charge is 0.403 e. The first-order valence-corrected chi connectivity index (χ1v) is 12.8. The van der Waals surface area contributed by atoms with E-state index in [1.54, 1.807) is 0 Å². The fourth-order valence-corrected chi connectivity index (χ4v) is 7.10. The summed E-state index contributed by atoms with van der Waals surface area (Å²) in [6.07, 6.45) is -6.26. The Morgan fingerprint density at radius 2 is 1.69 bits per heavy atom. The molecule has 0 spiro atoms. The molecule has 3 fully saturated rings. The molecule has 3 aliphatic carbocycles. The predicted octanol–water partition coefficient (Wildman–Crippen LogP) is 6.65. The second kappa shape index (κ2) is 10.8. The molecule has 0 aromatic heterocycles. The molecule has 0 aromatic carbocycles. The maximum atomic E-state index is 13.0. The number of hydrogen-bond acceptors (Lipinski definition) is 3. The van der Waals surface area contributed by atoms with Crippen LogP contribution >= 0.6 is 0 Å². The third-order valence-corrected chi connectivity index (χ3v) is 9.00. The smallest absolute Gasteiger partial charge is 0.393 e. The van der Waals surface area contributed by atoms with Crippen LogP contribution in [0.5, 0.6) is 0 Å². The third-order valence-electron chi connectivity index (χ3n) is 9.00. The van der Waals surface area contributed by atoms with Crippen molar-refractivity contribution in [3.63, 3.8) is 0 Å². The van der Waals surface area contributed by atoms with Crippen LogP contribution in [0.4, 0.5) is 26.3 Å². The molecule has 0 saturated heterocycles. The number of halogens is 6. The number of aliphatic hydroxyl groups is 3. The Hall–Kier alpha value is -1.32. The molecule has 0 amide bonds. The predicted molar refractivity (Wildman–Crippen MR) is 125 cm³/mol. The van der Waals surface area contributed by atoms with Gasteiger partial charge in [0.2, 0.25) is 0 Å². The van der Waals surface area contributed by atoms with Gasteiger partial charge in [-0.05, 0) is 85.7 Å². The van der Waals surface area contributed by atoms with E-state index in [0.29, 0.717) is 12.0 Å². The van der Waals surface area contributed by atoms with Gasteiger partial charge in [-0.3, -0.25) is 0 Å². The molecule has 7 atom stereocenters. The van der Waals surface area contributed by atoms with Gasteiger partial charge < -0.3 is 15.3 Å². The summed E-state index contributed by atoms with van der Waals surface area (Å²) in [5.41, 5.74) is 2.57. The molecule has 3 N–H and O–H groups in total. The molecule has 3 aliphatic rings. The zero-order valence-electron chi connectivity index (χ0n) is 20.9. The first-order valence-electron chi connectivity index (χ1n) is 12.8. The van der Waals surface area contributed by atoms with Gasteiger partial charge in [0.25, 0.3) is 0 Å². The quantitative estimate of drug-likeness (QED) is 0.341. The number of allylic oxidation sites excluding steroid dienone is 3. The van der Waals surface area contributed by atoms with Crippen LogP contribution < -0.4 is 0 Å². The van der Waals surface area contributed by atoms with Gasteiger partial charge in [0.05, 0.1) is 18.3 Å². The SMILES string of the molecule is C=C1/C(=C\C=C2/CCC[C@]3(C)[C@@H]([C@H](C)CCC(O)C(C(F)(F)F)C(F)(F)F)CC[C@@H]23)C[C@@H](O)C[C@@H]1O. The molecule has 0 aromatic rings. The van der Waals surface area contributed by atoms with E-state index in [9.17, 15) is 41.7 Å². The van der Waals surface area contributed by atoms with Crippen LogP contribution in [0.2, 0.25) is 0 Å². The van der Waals surface area contributed by atoms with E-state index in [1.165, 1.54) is 5.57 Å². The van der Waals surface area contributed by atoms with E-state index < -0.39 is 43.0 Å². The van der Waals surface area contributed by atoms with Gasteiger partial charge in [-0.1, -0.05) is 38.2 Å². The van der Waals surface area contributed by atoms with Crippen molar-refractivity contribution in [1.82, 2.24) is 0 Å². The van der Waals surface area contributed by atoms with Crippen molar-refractivity contribution in [2.24, 2.45) is 29.1 Å². The average molecular weight is 525 g/mol. The highest BCUT2D eigenvalue weighted by Crippen LogP contribution is 2.60. The lowest BCUT2D eigenvalue weighted by molar-refractivity contribution is -0.306. The molecular weight excluding hydrogens is 486 g/mol. The van der Waals surface area contributed by atoms with Crippen molar-refractivity contribution in [1.29, 1.82) is 0 Å². The van der Waals surface area contributed by atoms with Crippen LogP contribution in [0, 0.1) is 29.1 Å². The van der Waals surface area contributed by atoms with Crippen LogP contribution in [0.25, 0.3) is 0 Å². The molecule has 3 rings (SSSR count). The van der Waals surface area contributed by atoms with Gasteiger partial charge in [-0.2, -0.15) is 26.3 Å². The van der Waals surface area contributed by atoms with E-state index in [1.807, 2.05) is 13.0 Å². The summed E-state index contributed by atoms with van der Waals surface area (Å²) >= 11 is 0. The lowest BCUT2D eigenvalue weighted by Crippen LogP contribution is -2.45. The Kier molecular flexibility index (Phi) is 8.78. The van der Waals surface area contributed by atoms with Crippen LogP contribution in [-0.2, 0) is 0 Å². The Balaban J connectivity index is 1.70. The number of rotatable bonds is 6. The van der Waals surface area contributed by atoms with Crippen LogP contribution in [-0.4, -0.2) is 46.0 Å². The van der Waals surface area contributed by atoms with Gasteiger partial charge in [0.15, 0.2) is 5.92 Å². The molecule has 0 radical (unpaired) electrons. The second-order valence-corrected chi connectivity index (χ2v) is 11.3. The van der Waals surface area contributed by atoms with Crippen LogP contribution in [0.15, 0.2) is 35.5 Å². The highest BCUT2D eigenvalue weighted by molar-refractivity contribution is 5.38. The summed E-state index contributed by atoms with van der Waals surface area (Å²) < 4.78 is 77.8. The summed E-state index contributed by atoms with van der Waals surface area (Å²) in [5.74, 6) is -3.47. The fourth-order valence-electron chi connectivity index (χ4n) is 7.10. The fraction of sp³-hybridized carbons (Fsp3) is 0.778. The number of alkyl halides is 6. The van der Waals surface area contributed by atoms with Crippen molar-refractivity contribution in [2.45, 2.75) is 102 Å². The van der Waals surface area contributed by atoms with Crippen molar-refractivity contribution in [2.75, 3.05) is 0 Å². The minimum Gasteiger partial charge on any atom is -0.393 e. The van der Waals surface area contributed by atoms with Gasteiger partial charge in [0.1, 0.15) is 0 Å². The van der Waals surface area contributed by atoms with Crippen molar-refractivity contribution in [3.05, 3.63) is 35.5 Å². The van der Waals surface area contributed by atoms with Crippen molar-refractivity contribution < 1.29 is 41.7 Å². The van der Waals surface area contributed by atoms with E-state index in [2.05, 4.69) is 19.6 Å². The number of hydrogen-bond donors (Lipinski definition) is 3.